The third kappa shape index (κ3) is 4.93. The molecule has 2 nitrogen and oxygen atoms in total. The first kappa shape index (κ1) is 14.1. The van der Waals surface area contributed by atoms with E-state index in [0.717, 1.165) is 12.8 Å². The summed E-state index contributed by atoms with van der Waals surface area (Å²) in [6, 6.07) is 0.833. The fourth-order valence-corrected chi connectivity index (χ4v) is 2.50. The van der Waals surface area contributed by atoms with Gasteiger partial charge >= 0.3 is 5.51 Å². The number of rotatable bonds is 4. The average Bonchev–Trinajstić information content (AvgIpc) is 2.14. The van der Waals surface area contributed by atoms with Gasteiger partial charge in [0.2, 0.25) is 0 Å². The number of nitrogens with zero attached hydrogens (tertiary/aromatic N) is 1. The van der Waals surface area contributed by atoms with Gasteiger partial charge in [0.05, 0.1) is 0 Å². The zero-order valence-electron chi connectivity index (χ0n) is 9.68. The number of nitrogens with one attached hydrogen (secondary N) is 1. The van der Waals surface area contributed by atoms with Crippen LogP contribution < -0.4 is 5.43 Å². The van der Waals surface area contributed by atoms with E-state index in [1.807, 2.05) is 0 Å². The highest BCUT2D eigenvalue weighted by atomic mass is 32.2. The zero-order valence-corrected chi connectivity index (χ0v) is 10.5. The molecule has 0 aromatic heterocycles. The Morgan fingerprint density at radius 3 is 2.31 bits per heavy atom. The van der Waals surface area contributed by atoms with Crippen LogP contribution in [0.1, 0.15) is 33.1 Å². The first-order valence-corrected chi connectivity index (χ1v) is 6.61. The molecule has 0 radical (unpaired) electrons. The summed E-state index contributed by atoms with van der Waals surface area (Å²) in [6.07, 6.45) is 3.44. The van der Waals surface area contributed by atoms with Crippen molar-refractivity contribution in [1.29, 1.82) is 0 Å². The van der Waals surface area contributed by atoms with E-state index in [2.05, 4.69) is 24.3 Å². The molecule has 1 N–H and O–H groups in total. The normalized spacial score (nSPS) is 28.3. The average molecular weight is 256 g/mol. The van der Waals surface area contributed by atoms with Crippen LogP contribution in [0.15, 0.2) is 0 Å². The summed E-state index contributed by atoms with van der Waals surface area (Å²) in [7, 11) is 0. The molecule has 2 unspecified atom stereocenters. The Morgan fingerprint density at radius 2 is 1.81 bits per heavy atom. The van der Waals surface area contributed by atoms with Crippen LogP contribution in [0.25, 0.3) is 0 Å². The van der Waals surface area contributed by atoms with Crippen LogP contribution in [0.2, 0.25) is 0 Å². The Bertz CT molecular complexity index is 201. The van der Waals surface area contributed by atoms with Crippen molar-refractivity contribution in [3.8, 4) is 0 Å². The zero-order chi connectivity index (χ0) is 12.2. The summed E-state index contributed by atoms with van der Waals surface area (Å²) >= 11 is 0.0354. The van der Waals surface area contributed by atoms with E-state index in [9.17, 15) is 13.2 Å². The van der Waals surface area contributed by atoms with Gasteiger partial charge in [0, 0.05) is 24.4 Å². The van der Waals surface area contributed by atoms with Crippen LogP contribution in [-0.4, -0.2) is 34.9 Å². The van der Waals surface area contributed by atoms with E-state index in [1.165, 1.54) is 6.42 Å². The van der Waals surface area contributed by atoms with Crippen LogP contribution in [0, 0.1) is 0 Å². The SMILES string of the molecule is CC1CCCC(C)N1NCCSC(F)(F)F. The molecule has 0 spiro atoms. The van der Waals surface area contributed by atoms with E-state index in [1.54, 1.807) is 0 Å². The minimum Gasteiger partial charge on any atom is -0.254 e. The molecule has 1 fully saturated rings. The minimum absolute atomic E-state index is 0.0354. The number of alkyl halides is 3. The number of hydrogen-bond acceptors (Lipinski definition) is 3. The molecule has 0 aromatic rings. The second-order valence-corrected chi connectivity index (χ2v) is 5.40. The fourth-order valence-electron chi connectivity index (χ4n) is 2.07. The van der Waals surface area contributed by atoms with Gasteiger partial charge in [-0.2, -0.15) is 13.2 Å². The lowest BCUT2D eigenvalue weighted by atomic mass is 10.00. The predicted octanol–water partition coefficient (Wildman–Crippen LogP) is 3.01. The van der Waals surface area contributed by atoms with Gasteiger partial charge in [-0.05, 0) is 38.5 Å². The number of hydrazine groups is 1. The highest BCUT2D eigenvalue weighted by Gasteiger charge is 2.28. The van der Waals surface area contributed by atoms with Gasteiger partial charge in [-0.3, -0.25) is 5.43 Å². The highest BCUT2D eigenvalue weighted by Crippen LogP contribution is 2.29. The summed E-state index contributed by atoms with van der Waals surface area (Å²) < 4.78 is 35.7. The van der Waals surface area contributed by atoms with Crippen molar-refractivity contribution < 1.29 is 13.2 Å². The molecular weight excluding hydrogens is 237 g/mol. The van der Waals surface area contributed by atoms with Crippen molar-refractivity contribution in [3.63, 3.8) is 0 Å². The summed E-state index contributed by atoms with van der Waals surface area (Å²) in [6.45, 7) is 4.60. The van der Waals surface area contributed by atoms with Crippen molar-refractivity contribution >= 4 is 11.8 Å². The van der Waals surface area contributed by atoms with E-state index in [-0.39, 0.29) is 17.5 Å². The molecule has 0 bridgehead atoms. The predicted molar refractivity (Wildman–Crippen MR) is 61.1 cm³/mol. The third-order valence-electron chi connectivity index (χ3n) is 2.86. The number of halogens is 3. The quantitative estimate of drug-likeness (QED) is 0.778. The molecule has 6 heteroatoms. The van der Waals surface area contributed by atoms with Gasteiger partial charge in [0.1, 0.15) is 0 Å². The molecule has 1 aliphatic rings. The summed E-state index contributed by atoms with van der Waals surface area (Å²) in [5.41, 5.74) is -1.00. The van der Waals surface area contributed by atoms with Crippen LogP contribution in [0.4, 0.5) is 13.2 Å². The summed E-state index contributed by atoms with van der Waals surface area (Å²) in [5, 5.41) is 2.10. The molecule has 1 aliphatic heterocycles. The van der Waals surface area contributed by atoms with Gasteiger partial charge in [0.15, 0.2) is 0 Å². The van der Waals surface area contributed by atoms with E-state index < -0.39 is 5.51 Å². The Morgan fingerprint density at radius 1 is 1.25 bits per heavy atom. The molecule has 0 aromatic carbocycles. The van der Waals surface area contributed by atoms with Crippen LogP contribution in [-0.2, 0) is 0 Å². The number of thioether (sulfide) groups is 1. The molecule has 16 heavy (non-hydrogen) atoms. The maximum atomic E-state index is 11.9. The molecule has 96 valence electrons. The van der Waals surface area contributed by atoms with E-state index >= 15 is 0 Å². The van der Waals surface area contributed by atoms with Crippen LogP contribution >= 0.6 is 11.8 Å². The number of piperidine rings is 1. The third-order valence-corrected chi connectivity index (χ3v) is 3.59. The van der Waals surface area contributed by atoms with Crippen LogP contribution in [0.5, 0.6) is 0 Å². The standard InChI is InChI=1S/C10H19F3N2S/c1-8-4-3-5-9(2)15(8)14-6-7-16-10(11,12)13/h8-9,14H,3-7H2,1-2H3. The Kier molecular flexibility index (Phi) is 5.40. The Labute approximate surface area is 98.9 Å². The highest BCUT2D eigenvalue weighted by molar-refractivity contribution is 8.00. The van der Waals surface area contributed by atoms with E-state index in [4.69, 9.17) is 0 Å². The summed E-state index contributed by atoms with van der Waals surface area (Å²) in [5.74, 6) is 0.0689. The van der Waals surface area contributed by atoms with Crippen molar-refractivity contribution in [1.82, 2.24) is 10.4 Å². The lowest BCUT2D eigenvalue weighted by molar-refractivity contribution is -0.0329. The maximum absolute atomic E-state index is 11.9. The molecule has 0 aliphatic carbocycles. The monoisotopic (exact) mass is 256 g/mol. The van der Waals surface area contributed by atoms with Gasteiger partial charge < -0.3 is 0 Å². The lowest BCUT2D eigenvalue weighted by Crippen LogP contribution is -2.52. The first-order chi connectivity index (χ1) is 7.40. The van der Waals surface area contributed by atoms with Crippen LogP contribution in [0.3, 0.4) is 0 Å². The van der Waals surface area contributed by atoms with Crippen molar-refractivity contribution in [3.05, 3.63) is 0 Å². The maximum Gasteiger partial charge on any atom is 0.441 e. The molecule has 0 amide bonds. The Balaban J connectivity index is 2.20. The van der Waals surface area contributed by atoms with Crippen molar-refractivity contribution in [2.75, 3.05) is 12.3 Å². The molecule has 1 saturated heterocycles. The first-order valence-electron chi connectivity index (χ1n) is 5.62. The van der Waals surface area contributed by atoms with Gasteiger partial charge in [-0.15, -0.1) is 0 Å². The molecule has 1 rings (SSSR count). The Hall–Kier alpha value is 0.0600. The topological polar surface area (TPSA) is 15.3 Å². The second-order valence-electron chi connectivity index (χ2n) is 4.24. The second kappa shape index (κ2) is 6.12. The largest absolute Gasteiger partial charge is 0.441 e. The molecule has 0 saturated carbocycles. The van der Waals surface area contributed by atoms with Gasteiger partial charge in [-0.1, -0.05) is 6.42 Å². The van der Waals surface area contributed by atoms with Gasteiger partial charge in [-0.25, -0.2) is 5.01 Å². The smallest absolute Gasteiger partial charge is 0.254 e. The number of hydrogen-bond donors (Lipinski definition) is 1. The van der Waals surface area contributed by atoms with E-state index in [0.29, 0.717) is 18.6 Å². The minimum atomic E-state index is -4.11. The molecule has 2 atom stereocenters. The summed E-state index contributed by atoms with van der Waals surface area (Å²) in [4.78, 5) is 0. The molecular formula is C10H19F3N2S. The fraction of sp³-hybridized carbons (Fsp3) is 1.00. The molecule has 1 heterocycles. The van der Waals surface area contributed by atoms with Crippen molar-refractivity contribution in [2.24, 2.45) is 0 Å². The lowest BCUT2D eigenvalue weighted by Gasteiger charge is -2.39. The van der Waals surface area contributed by atoms with Crippen molar-refractivity contribution in [2.45, 2.75) is 50.7 Å². The van der Waals surface area contributed by atoms with Gasteiger partial charge in [0.25, 0.3) is 0 Å².